The summed E-state index contributed by atoms with van der Waals surface area (Å²) in [6.45, 7) is 2.07. The van der Waals surface area contributed by atoms with E-state index in [9.17, 15) is 0 Å². The van der Waals surface area contributed by atoms with E-state index < -0.39 is 0 Å². The fourth-order valence-electron chi connectivity index (χ4n) is 2.80. The summed E-state index contributed by atoms with van der Waals surface area (Å²) >= 11 is 3.53. The molecule has 3 rings (SSSR count). The minimum absolute atomic E-state index is 0.734. The van der Waals surface area contributed by atoms with Crippen LogP contribution in [0.25, 0.3) is 0 Å². The molecular formula is C14H19N3S2. The average molecular weight is 293 g/mol. The molecule has 0 aromatic carbocycles. The van der Waals surface area contributed by atoms with Gasteiger partial charge in [0.2, 0.25) is 0 Å². The highest BCUT2D eigenvalue weighted by Crippen LogP contribution is 2.26. The Morgan fingerprint density at radius 2 is 1.53 bits per heavy atom. The topological polar surface area (TPSA) is 29.0 Å². The zero-order valence-corrected chi connectivity index (χ0v) is 12.6. The summed E-state index contributed by atoms with van der Waals surface area (Å²) < 4.78 is 0. The SMILES string of the molecule is c1ncc(CN(Cc2cncs2)C2CCCCC2)s1. The molecule has 0 radical (unpaired) electrons. The van der Waals surface area contributed by atoms with E-state index in [2.05, 4.69) is 14.9 Å². The lowest BCUT2D eigenvalue weighted by atomic mass is 9.94. The van der Waals surface area contributed by atoms with Crippen LogP contribution in [0.4, 0.5) is 0 Å². The molecule has 102 valence electrons. The lowest BCUT2D eigenvalue weighted by Gasteiger charge is -2.33. The lowest BCUT2D eigenvalue weighted by Crippen LogP contribution is -2.35. The van der Waals surface area contributed by atoms with Crippen molar-refractivity contribution in [3.63, 3.8) is 0 Å². The maximum absolute atomic E-state index is 4.20. The van der Waals surface area contributed by atoms with E-state index in [0.29, 0.717) is 0 Å². The lowest BCUT2D eigenvalue weighted by molar-refractivity contribution is 0.142. The van der Waals surface area contributed by atoms with Crippen LogP contribution >= 0.6 is 22.7 Å². The number of hydrogen-bond donors (Lipinski definition) is 0. The summed E-state index contributed by atoms with van der Waals surface area (Å²) in [7, 11) is 0. The minimum atomic E-state index is 0.734. The van der Waals surface area contributed by atoms with Crippen molar-refractivity contribution < 1.29 is 0 Å². The fourth-order valence-corrected chi connectivity index (χ4v) is 4.04. The van der Waals surface area contributed by atoms with Crippen LogP contribution in [0.5, 0.6) is 0 Å². The van der Waals surface area contributed by atoms with Gasteiger partial charge in [-0.05, 0) is 12.8 Å². The third-order valence-corrected chi connectivity index (χ3v) is 5.30. The third kappa shape index (κ3) is 3.61. The highest BCUT2D eigenvalue weighted by atomic mass is 32.1. The quantitative estimate of drug-likeness (QED) is 0.836. The molecule has 0 unspecified atom stereocenters. The van der Waals surface area contributed by atoms with Crippen LogP contribution in [0.3, 0.4) is 0 Å². The largest absolute Gasteiger partial charge is 0.290 e. The Kier molecular flexibility index (Phi) is 4.58. The average Bonchev–Trinajstić information content (AvgIpc) is 3.12. The Labute approximate surface area is 122 Å². The molecule has 0 bridgehead atoms. The monoisotopic (exact) mass is 293 g/mol. The van der Waals surface area contributed by atoms with Crippen molar-refractivity contribution in [2.24, 2.45) is 0 Å². The van der Waals surface area contributed by atoms with E-state index in [0.717, 1.165) is 19.1 Å². The van der Waals surface area contributed by atoms with E-state index in [4.69, 9.17) is 0 Å². The summed E-state index contributed by atoms with van der Waals surface area (Å²) in [6, 6.07) is 0.734. The first-order valence-corrected chi connectivity index (χ1v) is 8.66. The zero-order chi connectivity index (χ0) is 12.9. The van der Waals surface area contributed by atoms with Crippen LogP contribution in [0.15, 0.2) is 23.4 Å². The number of thiazole rings is 2. The molecule has 3 nitrogen and oxygen atoms in total. The van der Waals surface area contributed by atoms with Gasteiger partial charge in [0.1, 0.15) is 0 Å². The molecule has 2 aromatic heterocycles. The molecule has 0 saturated heterocycles. The van der Waals surface area contributed by atoms with Crippen LogP contribution in [0.1, 0.15) is 41.9 Å². The Morgan fingerprint density at radius 3 is 2.00 bits per heavy atom. The second kappa shape index (κ2) is 6.59. The first kappa shape index (κ1) is 13.2. The molecule has 2 aromatic rings. The Bertz CT molecular complexity index is 425. The van der Waals surface area contributed by atoms with Gasteiger partial charge in [-0.1, -0.05) is 19.3 Å². The maximum Gasteiger partial charge on any atom is 0.0794 e. The van der Waals surface area contributed by atoms with Gasteiger partial charge in [-0.3, -0.25) is 14.9 Å². The molecule has 1 fully saturated rings. The van der Waals surface area contributed by atoms with Crippen molar-refractivity contribution in [3.8, 4) is 0 Å². The molecule has 1 aliphatic carbocycles. The van der Waals surface area contributed by atoms with Crippen molar-refractivity contribution in [1.82, 2.24) is 14.9 Å². The molecule has 0 atom stereocenters. The number of hydrogen-bond acceptors (Lipinski definition) is 5. The molecule has 0 spiro atoms. The van der Waals surface area contributed by atoms with E-state index in [1.165, 1.54) is 41.9 Å². The van der Waals surface area contributed by atoms with Crippen molar-refractivity contribution >= 4 is 22.7 Å². The number of nitrogens with zero attached hydrogens (tertiary/aromatic N) is 3. The van der Waals surface area contributed by atoms with Gasteiger partial charge in [-0.15, -0.1) is 22.7 Å². The molecule has 19 heavy (non-hydrogen) atoms. The van der Waals surface area contributed by atoms with Gasteiger partial charge in [0, 0.05) is 41.3 Å². The predicted molar refractivity (Wildman–Crippen MR) is 80.3 cm³/mol. The molecular weight excluding hydrogens is 274 g/mol. The van der Waals surface area contributed by atoms with Crippen LogP contribution < -0.4 is 0 Å². The van der Waals surface area contributed by atoms with E-state index in [-0.39, 0.29) is 0 Å². The van der Waals surface area contributed by atoms with Crippen molar-refractivity contribution in [2.45, 2.75) is 51.2 Å². The fraction of sp³-hybridized carbons (Fsp3) is 0.571. The number of aromatic nitrogens is 2. The Morgan fingerprint density at radius 1 is 0.947 bits per heavy atom. The van der Waals surface area contributed by atoms with E-state index in [1.807, 2.05) is 23.4 Å². The molecule has 0 aliphatic heterocycles. The summed E-state index contributed by atoms with van der Waals surface area (Å²) in [5, 5.41) is 0. The minimum Gasteiger partial charge on any atom is -0.290 e. The standard InChI is InChI=1S/C14H19N3S2/c1-2-4-12(5-3-1)17(8-13-6-15-10-18-13)9-14-7-16-11-19-14/h6-7,10-12H,1-5,8-9H2. The second-order valence-corrected chi connectivity index (χ2v) is 7.07. The molecule has 0 N–H and O–H groups in total. The van der Waals surface area contributed by atoms with Gasteiger partial charge in [0.15, 0.2) is 0 Å². The van der Waals surface area contributed by atoms with Crippen molar-refractivity contribution in [2.75, 3.05) is 0 Å². The Hall–Kier alpha value is -0.780. The molecule has 2 heterocycles. The van der Waals surface area contributed by atoms with Crippen molar-refractivity contribution in [3.05, 3.63) is 33.2 Å². The van der Waals surface area contributed by atoms with Gasteiger partial charge in [0.05, 0.1) is 11.0 Å². The van der Waals surface area contributed by atoms with Crippen LogP contribution in [-0.2, 0) is 13.1 Å². The molecule has 5 heteroatoms. The van der Waals surface area contributed by atoms with Gasteiger partial charge < -0.3 is 0 Å². The third-order valence-electron chi connectivity index (χ3n) is 3.78. The van der Waals surface area contributed by atoms with Gasteiger partial charge in [0.25, 0.3) is 0 Å². The van der Waals surface area contributed by atoms with Crippen molar-refractivity contribution in [1.29, 1.82) is 0 Å². The van der Waals surface area contributed by atoms with E-state index >= 15 is 0 Å². The van der Waals surface area contributed by atoms with Gasteiger partial charge >= 0.3 is 0 Å². The molecule has 1 saturated carbocycles. The van der Waals surface area contributed by atoms with E-state index in [1.54, 1.807) is 22.7 Å². The number of rotatable bonds is 5. The summed E-state index contributed by atoms with van der Waals surface area (Å²) in [5.41, 5.74) is 3.86. The maximum atomic E-state index is 4.20. The smallest absolute Gasteiger partial charge is 0.0794 e. The summed E-state index contributed by atoms with van der Waals surface area (Å²) in [6.07, 6.45) is 10.9. The van der Waals surface area contributed by atoms with Crippen LogP contribution in [0.2, 0.25) is 0 Å². The molecule has 0 amide bonds. The Balaban J connectivity index is 1.70. The predicted octanol–water partition coefficient (Wildman–Crippen LogP) is 3.93. The summed E-state index contributed by atoms with van der Waals surface area (Å²) in [5.74, 6) is 0. The van der Waals surface area contributed by atoms with Gasteiger partial charge in [-0.2, -0.15) is 0 Å². The van der Waals surface area contributed by atoms with Crippen LogP contribution in [0, 0.1) is 0 Å². The second-order valence-electron chi connectivity index (χ2n) is 5.13. The summed E-state index contributed by atoms with van der Waals surface area (Å²) in [4.78, 5) is 13.8. The molecule has 1 aliphatic rings. The zero-order valence-electron chi connectivity index (χ0n) is 11.0. The highest BCUT2D eigenvalue weighted by molar-refractivity contribution is 7.09. The first-order chi connectivity index (χ1) is 9.42. The van der Waals surface area contributed by atoms with Crippen LogP contribution in [-0.4, -0.2) is 20.9 Å². The van der Waals surface area contributed by atoms with Gasteiger partial charge in [-0.25, -0.2) is 0 Å². The first-order valence-electron chi connectivity index (χ1n) is 6.90. The normalized spacial score (nSPS) is 17.1. The highest BCUT2D eigenvalue weighted by Gasteiger charge is 2.22.